The van der Waals surface area contributed by atoms with Crippen molar-refractivity contribution in [2.24, 2.45) is 5.41 Å². The minimum atomic E-state index is -1.09. The summed E-state index contributed by atoms with van der Waals surface area (Å²) in [5.41, 5.74) is 1.00. The first kappa shape index (κ1) is 27.9. The zero-order valence-corrected chi connectivity index (χ0v) is 23.1. The average molecular weight is 536 g/mol. The molecule has 1 fully saturated rings. The van der Waals surface area contributed by atoms with Gasteiger partial charge in [0.05, 0.1) is 29.4 Å². The molecule has 10 nitrogen and oxygen atoms in total. The highest BCUT2D eigenvalue weighted by Crippen LogP contribution is 2.30. The maximum absolute atomic E-state index is 13.2. The molecule has 3 aromatic rings. The van der Waals surface area contributed by atoms with Crippen molar-refractivity contribution in [3.05, 3.63) is 48.3 Å². The minimum Gasteiger partial charge on any atom is -0.493 e. The van der Waals surface area contributed by atoms with Crippen LogP contribution in [0, 0.1) is 5.41 Å². The molecule has 208 valence electrons. The van der Waals surface area contributed by atoms with Gasteiger partial charge in [0.2, 0.25) is 5.91 Å². The van der Waals surface area contributed by atoms with Crippen LogP contribution < -0.4 is 15.0 Å². The van der Waals surface area contributed by atoms with Crippen LogP contribution >= 0.6 is 0 Å². The summed E-state index contributed by atoms with van der Waals surface area (Å²) < 4.78 is 7.87. The molecule has 1 aliphatic rings. The van der Waals surface area contributed by atoms with E-state index >= 15 is 0 Å². The molecule has 1 saturated heterocycles. The highest BCUT2D eigenvalue weighted by Gasteiger charge is 2.33. The lowest BCUT2D eigenvalue weighted by atomic mass is 9.89. The largest absolute Gasteiger partial charge is 0.493 e. The van der Waals surface area contributed by atoms with Crippen LogP contribution in [0.4, 0.5) is 11.5 Å². The summed E-state index contributed by atoms with van der Waals surface area (Å²) in [6.45, 7) is 10.6. The number of hydrogen-bond donors (Lipinski definition) is 2. The van der Waals surface area contributed by atoms with E-state index < -0.39 is 11.4 Å². The number of aromatic nitrogens is 2. The van der Waals surface area contributed by atoms with Gasteiger partial charge in [0, 0.05) is 44.5 Å². The third kappa shape index (κ3) is 6.16. The van der Waals surface area contributed by atoms with Crippen molar-refractivity contribution in [1.29, 1.82) is 0 Å². The molecular formula is C29H37N5O5. The molecule has 0 aliphatic carbocycles. The van der Waals surface area contributed by atoms with Crippen molar-refractivity contribution in [2.45, 2.75) is 47.1 Å². The van der Waals surface area contributed by atoms with Crippen LogP contribution in [0.5, 0.6) is 5.75 Å². The van der Waals surface area contributed by atoms with E-state index in [1.165, 1.54) is 0 Å². The predicted molar refractivity (Wildman–Crippen MR) is 150 cm³/mol. The number of carboxylic acid groups (broad SMARTS) is 1. The summed E-state index contributed by atoms with van der Waals surface area (Å²) in [7, 11) is 0. The Kier molecular flexibility index (Phi) is 8.42. The lowest BCUT2D eigenvalue weighted by Crippen LogP contribution is -2.50. The van der Waals surface area contributed by atoms with E-state index in [4.69, 9.17) is 4.74 Å². The van der Waals surface area contributed by atoms with E-state index in [1.54, 1.807) is 24.9 Å². The van der Waals surface area contributed by atoms with Crippen molar-refractivity contribution in [2.75, 3.05) is 43.0 Å². The fraction of sp³-hybridized carbons (Fsp3) is 0.448. The number of aryl methyl sites for hydroxylation is 1. The number of ether oxygens (including phenoxy) is 1. The maximum atomic E-state index is 13.2. The normalized spacial score (nSPS) is 13.9. The van der Waals surface area contributed by atoms with Crippen molar-refractivity contribution >= 4 is 40.2 Å². The quantitative estimate of drug-likeness (QED) is 0.399. The molecular weight excluding hydrogens is 498 g/mol. The molecule has 2 aromatic heterocycles. The Morgan fingerprint density at radius 2 is 1.82 bits per heavy atom. The third-order valence-corrected chi connectivity index (χ3v) is 7.05. The highest BCUT2D eigenvalue weighted by atomic mass is 16.5. The fourth-order valence-electron chi connectivity index (χ4n) is 4.72. The number of nitrogens with zero attached hydrogens (tertiary/aromatic N) is 4. The average Bonchev–Trinajstić information content (AvgIpc) is 3.31. The van der Waals surface area contributed by atoms with Crippen molar-refractivity contribution in [3.63, 3.8) is 0 Å². The van der Waals surface area contributed by atoms with Crippen LogP contribution in [0.1, 0.15) is 51.0 Å². The van der Waals surface area contributed by atoms with Gasteiger partial charge in [-0.3, -0.25) is 14.4 Å². The second-order valence-electron chi connectivity index (χ2n) is 10.4. The van der Waals surface area contributed by atoms with Crippen molar-refractivity contribution in [3.8, 4) is 5.75 Å². The van der Waals surface area contributed by atoms with Crippen molar-refractivity contribution in [1.82, 2.24) is 14.5 Å². The van der Waals surface area contributed by atoms with E-state index in [1.807, 2.05) is 47.9 Å². The summed E-state index contributed by atoms with van der Waals surface area (Å²) in [5, 5.41) is 13.2. The molecule has 10 heteroatoms. The van der Waals surface area contributed by atoms with Crippen LogP contribution in [-0.2, 0) is 16.1 Å². The zero-order chi connectivity index (χ0) is 28.2. The Labute approximate surface area is 228 Å². The van der Waals surface area contributed by atoms with Gasteiger partial charge in [0.15, 0.2) is 0 Å². The zero-order valence-electron chi connectivity index (χ0n) is 23.1. The SMILES string of the molecule is CCCOc1cccc2c1cc(C(=O)Nc1ccc(N3CCN(C(=O)CC(C)(C)C(=O)O)CC3)nc1)n2CC. The third-order valence-electron chi connectivity index (χ3n) is 7.05. The second kappa shape index (κ2) is 11.8. The van der Waals surface area contributed by atoms with Crippen LogP contribution in [0.3, 0.4) is 0 Å². The second-order valence-corrected chi connectivity index (χ2v) is 10.4. The Balaban J connectivity index is 1.39. The van der Waals surface area contributed by atoms with Crippen LogP contribution in [0.25, 0.3) is 10.9 Å². The van der Waals surface area contributed by atoms with Crippen LogP contribution in [-0.4, -0.2) is 70.1 Å². The molecule has 0 unspecified atom stereocenters. The van der Waals surface area contributed by atoms with Gasteiger partial charge in [0.25, 0.3) is 5.91 Å². The number of nitrogens with one attached hydrogen (secondary N) is 1. The predicted octanol–water partition coefficient (Wildman–Crippen LogP) is 4.25. The molecule has 0 radical (unpaired) electrons. The smallest absolute Gasteiger partial charge is 0.309 e. The lowest BCUT2D eigenvalue weighted by molar-refractivity contribution is -0.151. The van der Waals surface area contributed by atoms with E-state index in [2.05, 4.69) is 22.1 Å². The molecule has 0 atom stereocenters. The van der Waals surface area contributed by atoms with Crippen LogP contribution in [0.2, 0.25) is 0 Å². The minimum absolute atomic E-state index is 0.0287. The van der Waals surface area contributed by atoms with Gasteiger partial charge in [0.1, 0.15) is 17.3 Å². The van der Waals surface area contributed by atoms with Gasteiger partial charge in [-0.05, 0) is 57.5 Å². The number of carboxylic acids is 1. The number of carbonyl (C=O) groups is 3. The first-order valence-corrected chi connectivity index (χ1v) is 13.4. The van der Waals surface area contributed by atoms with E-state index in [9.17, 15) is 19.5 Å². The summed E-state index contributed by atoms with van der Waals surface area (Å²) in [6, 6.07) is 11.4. The van der Waals surface area contributed by atoms with Crippen LogP contribution in [0.15, 0.2) is 42.6 Å². The number of benzene rings is 1. The number of pyridine rings is 1. The maximum Gasteiger partial charge on any atom is 0.309 e. The number of fused-ring (bicyclic) bond motifs is 1. The van der Waals surface area contributed by atoms with Gasteiger partial charge in [-0.1, -0.05) is 13.0 Å². The Morgan fingerprint density at radius 3 is 2.44 bits per heavy atom. The fourth-order valence-corrected chi connectivity index (χ4v) is 4.72. The molecule has 1 aliphatic heterocycles. The van der Waals surface area contributed by atoms with Gasteiger partial charge in [-0.15, -0.1) is 0 Å². The molecule has 2 N–H and O–H groups in total. The van der Waals surface area contributed by atoms with Gasteiger partial charge < -0.3 is 29.5 Å². The van der Waals surface area contributed by atoms with Gasteiger partial charge in [-0.2, -0.15) is 0 Å². The topological polar surface area (TPSA) is 117 Å². The molecule has 4 rings (SSSR count). The number of carbonyl (C=O) groups excluding carboxylic acids is 2. The number of anilines is 2. The number of hydrogen-bond acceptors (Lipinski definition) is 6. The molecule has 0 saturated carbocycles. The Hall–Kier alpha value is -4.08. The molecule has 39 heavy (non-hydrogen) atoms. The van der Waals surface area contributed by atoms with Gasteiger partial charge in [-0.25, -0.2) is 4.98 Å². The molecule has 3 heterocycles. The molecule has 0 spiro atoms. The summed E-state index contributed by atoms with van der Waals surface area (Å²) in [4.78, 5) is 45.5. The first-order chi connectivity index (χ1) is 18.6. The molecule has 0 bridgehead atoms. The number of aliphatic carboxylic acids is 1. The summed E-state index contributed by atoms with van der Waals surface area (Å²) in [5.74, 6) is 0.176. The lowest BCUT2D eigenvalue weighted by Gasteiger charge is -2.36. The molecule has 1 aromatic carbocycles. The summed E-state index contributed by atoms with van der Waals surface area (Å²) >= 11 is 0. The standard InChI is InChI=1S/C29H37N5O5/c1-5-16-39-24-9-7-8-22-21(24)17-23(34(22)6-2)27(36)31-20-10-11-25(30-19-20)32-12-14-33(15-13-32)26(35)18-29(3,4)28(37)38/h7-11,17,19H,5-6,12-16,18H2,1-4H3,(H,31,36)(H,37,38). The number of rotatable bonds is 10. The Morgan fingerprint density at radius 1 is 1.08 bits per heavy atom. The number of amides is 2. The highest BCUT2D eigenvalue weighted by molar-refractivity contribution is 6.07. The first-order valence-electron chi connectivity index (χ1n) is 13.4. The van der Waals surface area contributed by atoms with Gasteiger partial charge >= 0.3 is 5.97 Å². The van der Waals surface area contributed by atoms with E-state index in [0.717, 1.165) is 28.9 Å². The monoisotopic (exact) mass is 535 g/mol. The molecule has 2 amide bonds. The van der Waals surface area contributed by atoms with E-state index in [0.29, 0.717) is 50.7 Å². The van der Waals surface area contributed by atoms with Crippen molar-refractivity contribution < 1.29 is 24.2 Å². The summed E-state index contributed by atoms with van der Waals surface area (Å²) in [6.07, 6.45) is 2.51. The van der Waals surface area contributed by atoms with E-state index in [-0.39, 0.29) is 18.2 Å². The Bertz CT molecular complexity index is 1340. The number of piperazine rings is 1.